The lowest BCUT2D eigenvalue weighted by molar-refractivity contribution is -0.0266. The van der Waals surface area contributed by atoms with E-state index in [1.54, 1.807) is 0 Å². The number of hydrogen-bond donors (Lipinski definition) is 1. The van der Waals surface area contributed by atoms with E-state index in [1.807, 2.05) is 0 Å². The van der Waals surface area contributed by atoms with Crippen LogP contribution in [0, 0.1) is 0 Å². The van der Waals surface area contributed by atoms with Crippen LogP contribution in [0.4, 0.5) is 0 Å². The van der Waals surface area contributed by atoms with Crippen LogP contribution >= 0.6 is 12.6 Å². The van der Waals surface area contributed by atoms with E-state index in [2.05, 4.69) is 12.6 Å². The lowest BCUT2D eigenvalue weighted by atomic mass is 9.96. The summed E-state index contributed by atoms with van der Waals surface area (Å²) in [6.07, 6.45) is 4.36. The van der Waals surface area contributed by atoms with Crippen molar-refractivity contribution in [3.63, 3.8) is 0 Å². The Hall–Kier alpha value is 0.270. The summed E-state index contributed by atoms with van der Waals surface area (Å²) >= 11 is 4.03. The second kappa shape index (κ2) is 5.86. The van der Waals surface area contributed by atoms with Gasteiger partial charge in [-0.05, 0) is 19.3 Å². The van der Waals surface area contributed by atoms with E-state index in [4.69, 9.17) is 9.47 Å². The van der Waals surface area contributed by atoms with Gasteiger partial charge in [-0.1, -0.05) is 0 Å². The van der Waals surface area contributed by atoms with Gasteiger partial charge in [-0.15, -0.1) is 0 Å². The predicted octanol–water partition coefficient (Wildman–Crippen LogP) is 1.50. The number of ether oxygens (including phenoxy) is 2. The van der Waals surface area contributed by atoms with Crippen LogP contribution in [0.5, 0.6) is 0 Å². The van der Waals surface area contributed by atoms with Crippen LogP contribution in [0.2, 0.25) is 0 Å². The van der Waals surface area contributed by atoms with Crippen molar-refractivity contribution in [2.24, 2.45) is 0 Å². The molecule has 1 saturated carbocycles. The number of rotatable bonds is 6. The molecular weight excluding hydrogens is 160 g/mol. The van der Waals surface area contributed by atoms with Gasteiger partial charge in [-0.3, -0.25) is 0 Å². The van der Waals surface area contributed by atoms with Crippen molar-refractivity contribution in [2.75, 3.05) is 25.6 Å². The first-order valence-corrected chi connectivity index (χ1v) is 4.87. The summed E-state index contributed by atoms with van der Waals surface area (Å²) < 4.78 is 10.7. The smallest absolute Gasteiger partial charge is 0.0704 e. The molecule has 0 saturated heterocycles. The summed E-state index contributed by atoms with van der Waals surface area (Å²) in [6.45, 7) is 2.20. The molecule has 0 aliphatic heterocycles. The largest absolute Gasteiger partial charge is 0.378 e. The molecule has 0 atom stereocenters. The first-order valence-electron chi connectivity index (χ1n) is 4.23. The van der Waals surface area contributed by atoms with Gasteiger partial charge in [0.05, 0.1) is 25.9 Å². The van der Waals surface area contributed by atoms with Crippen molar-refractivity contribution in [2.45, 2.75) is 25.4 Å². The van der Waals surface area contributed by atoms with Crippen molar-refractivity contribution in [1.82, 2.24) is 0 Å². The van der Waals surface area contributed by atoms with Gasteiger partial charge in [0.1, 0.15) is 0 Å². The maximum atomic E-state index is 5.47. The monoisotopic (exact) mass is 176 g/mol. The minimum Gasteiger partial charge on any atom is -0.378 e. The summed E-state index contributed by atoms with van der Waals surface area (Å²) in [5, 5.41) is 0. The van der Waals surface area contributed by atoms with E-state index in [9.17, 15) is 0 Å². The van der Waals surface area contributed by atoms with E-state index >= 15 is 0 Å². The molecule has 66 valence electrons. The van der Waals surface area contributed by atoms with Crippen molar-refractivity contribution in [1.29, 1.82) is 0 Å². The van der Waals surface area contributed by atoms with Gasteiger partial charge in [0.15, 0.2) is 0 Å². The topological polar surface area (TPSA) is 18.5 Å². The highest BCUT2D eigenvalue weighted by Gasteiger charge is 2.16. The highest BCUT2D eigenvalue weighted by atomic mass is 32.1. The second-order valence-electron chi connectivity index (χ2n) is 2.76. The zero-order valence-corrected chi connectivity index (χ0v) is 7.69. The fraction of sp³-hybridized carbons (Fsp3) is 1.00. The SMILES string of the molecule is SCCOCCOC1CCC1. The standard InChI is InChI=1S/C8H16O2S/c11-7-6-9-4-5-10-8-2-1-3-8/h8,11H,1-7H2. The maximum absolute atomic E-state index is 5.47. The molecule has 0 amide bonds. The van der Waals surface area contributed by atoms with Gasteiger partial charge in [0, 0.05) is 5.75 Å². The summed E-state index contributed by atoms with van der Waals surface area (Å²) in [5.74, 6) is 0.795. The molecule has 0 aromatic rings. The van der Waals surface area contributed by atoms with Crippen LogP contribution < -0.4 is 0 Å². The third-order valence-corrected chi connectivity index (χ3v) is 2.05. The first kappa shape index (κ1) is 9.36. The zero-order chi connectivity index (χ0) is 7.94. The van der Waals surface area contributed by atoms with Gasteiger partial charge >= 0.3 is 0 Å². The third kappa shape index (κ3) is 3.99. The molecule has 0 bridgehead atoms. The van der Waals surface area contributed by atoms with Crippen LogP contribution in [0.1, 0.15) is 19.3 Å². The molecular formula is C8H16O2S. The van der Waals surface area contributed by atoms with Crippen molar-refractivity contribution in [3.8, 4) is 0 Å². The minimum atomic E-state index is 0.537. The fourth-order valence-corrected chi connectivity index (χ4v) is 1.11. The Morgan fingerprint density at radius 2 is 2.00 bits per heavy atom. The normalized spacial score (nSPS) is 18.3. The Morgan fingerprint density at radius 1 is 1.18 bits per heavy atom. The molecule has 0 N–H and O–H groups in total. The second-order valence-corrected chi connectivity index (χ2v) is 3.21. The van der Waals surface area contributed by atoms with Gasteiger partial charge < -0.3 is 9.47 Å². The molecule has 3 heteroatoms. The van der Waals surface area contributed by atoms with Crippen molar-refractivity contribution < 1.29 is 9.47 Å². The summed E-state index contributed by atoms with van der Waals surface area (Å²) in [7, 11) is 0. The van der Waals surface area contributed by atoms with Crippen LogP contribution in [-0.2, 0) is 9.47 Å². The van der Waals surface area contributed by atoms with Gasteiger partial charge in [-0.25, -0.2) is 0 Å². The lowest BCUT2D eigenvalue weighted by Gasteiger charge is -2.25. The molecule has 1 rings (SSSR count). The molecule has 0 spiro atoms. The Kier molecular flexibility index (Phi) is 4.99. The highest BCUT2D eigenvalue weighted by Crippen LogP contribution is 2.21. The molecule has 0 unspecified atom stereocenters. The van der Waals surface area contributed by atoms with E-state index < -0.39 is 0 Å². The average molecular weight is 176 g/mol. The molecule has 0 aromatic carbocycles. The predicted molar refractivity (Wildman–Crippen MR) is 48.3 cm³/mol. The summed E-state index contributed by atoms with van der Waals surface area (Å²) in [6, 6.07) is 0. The van der Waals surface area contributed by atoms with Gasteiger partial charge in [0.25, 0.3) is 0 Å². The molecule has 0 aromatic heterocycles. The molecule has 2 nitrogen and oxygen atoms in total. The van der Waals surface area contributed by atoms with Crippen LogP contribution in [0.25, 0.3) is 0 Å². The molecule has 1 aliphatic rings. The Morgan fingerprint density at radius 3 is 2.55 bits per heavy atom. The van der Waals surface area contributed by atoms with Crippen molar-refractivity contribution >= 4 is 12.6 Å². The number of thiol groups is 1. The maximum Gasteiger partial charge on any atom is 0.0704 e. The van der Waals surface area contributed by atoms with Crippen LogP contribution in [-0.4, -0.2) is 31.7 Å². The molecule has 1 aliphatic carbocycles. The average Bonchev–Trinajstić information content (AvgIpc) is 1.93. The first-order chi connectivity index (χ1) is 5.43. The van der Waals surface area contributed by atoms with Crippen LogP contribution in [0.3, 0.4) is 0 Å². The zero-order valence-electron chi connectivity index (χ0n) is 6.79. The van der Waals surface area contributed by atoms with E-state index in [0.717, 1.165) is 25.6 Å². The molecule has 0 radical (unpaired) electrons. The Bertz CT molecular complexity index is 94.1. The van der Waals surface area contributed by atoms with Crippen molar-refractivity contribution in [3.05, 3.63) is 0 Å². The van der Waals surface area contributed by atoms with E-state index in [0.29, 0.717) is 6.10 Å². The third-order valence-electron chi connectivity index (χ3n) is 1.87. The fourth-order valence-electron chi connectivity index (χ4n) is 0.978. The Balaban J connectivity index is 1.73. The lowest BCUT2D eigenvalue weighted by Crippen LogP contribution is -2.23. The quantitative estimate of drug-likeness (QED) is 0.488. The number of hydrogen-bond acceptors (Lipinski definition) is 3. The Labute approximate surface area is 73.7 Å². The molecule has 11 heavy (non-hydrogen) atoms. The van der Waals surface area contributed by atoms with E-state index in [1.165, 1.54) is 19.3 Å². The minimum absolute atomic E-state index is 0.537. The van der Waals surface area contributed by atoms with Gasteiger partial charge in [0.2, 0.25) is 0 Å². The van der Waals surface area contributed by atoms with Gasteiger partial charge in [-0.2, -0.15) is 12.6 Å². The van der Waals surface area contributed by atoms with E-state index in [-0.39, 0.29) is 0 Å². The highest BCUT2D eigenvalue weighted by molar-refractivity contribution is 7.80. The molecule has 0 heterocycles. The summed E-state index contributed by atoms with van der Waals surface area (Å²) in [4.78, 5) is 0. The van der Waals surface area contributed by atoms with Crippen LogP contribution in [0.15, 0.2) is 0 Å². The summed E-state index contributed by atoms with van der Waals surface area (Å²) in [5.41, 5.74) is 0. The molecule has 1 fully saturated rings.